The van der Waals surface area contributed by atoms with E-state index in [1.165, 1.54) is 32.4 Å². The van der Waals surface area contributed by atoms with Gasteiger partial charge in [0.25, 0.3) is 11.8 Å². The van der Waals surface area contributed by atoms with Gasteiger partial charge in [0.05, 0.1) is 31.7 Å². The summed E-state index contributed by atoms with van der Waals surface area (Å²) in [5.74, 6) is -21.4. The molecule has 17 heteroatoms. The Hall–Kier alpha value is -6.71. The molecule has 0 bridgehead atoms. The van der Waals surface area contributed by atoms with Crippen molar-refractivity contribution in [1.82, 2.24) is 0 Å². The lowest BCUT2D eigenvalue weighted by Crippen LogP contribution is -2.60. The number of aromatic hydroxyl groups is 1. The van der Waals surface area contributed by atoms with Crippen LogP contribution in [0.25, 0.3) is 12.2 Å². The molecular formula is C49H35Cl2F5N2O8. The highest BCUT2D eigenvalue weighted by molar-refractivity contribution is 6.58. The molecule has 4 aliphatic rings. The predicted octanol–water partition coefficient (Wildman–Crippen LogP) is 9.62. The van der Waals surface area contributed by atoms with E-state index < -0.39 is 104 Å². The summed E-state index contributed by atoms with van der Waals surface area (Å²) in [6.07, 6.45) is 4.33. The Kier molecular flexibility index (Phi) is 11.2. The number of phenolic OH excluding ortho intramolecular Hbond substituents is 1. The summed E-state index contributed by atoms with van der Waals surface area (Å²) in [5, 5.41) is 11.7. The minimum absolute atomic E-state index is 0.0814. The van der Waals surface area contributed by atoms with E-state index in [0.29, 0.717) is 17.1 Å². The number of carbonyl (C=O) groups excluding carboxylic acids is 4. The molecule has 0 radical (unpaired) electrons. The van der Waals surface area contributed by atoms with Crippen molar-refractivity contribution in [3.63, 3.8) is 0 Å². The number of rotatable bonds is 10. The van der Waals surface area contributed by atoms with Gasteiger partial charge < -0.3 is 19.3 Å². The van der Waals surface area contributed by atoms with Gasteiger partial charge in [0.15, 0.2) is 33.0 Å². The van der Waals surface area contributed by atoms with E-state index in [4.69, 9.17) is 37.4 Å². The zero-order valence-electron chi connectivity index (χ0n) is 34.7. The summed E-state index contributed by atoms with van der Waals surface area (Å²) >= 11 is 14.5. The molecule has 2 heterocycles. The van der Waals surface area contributed by atoms with Gasteiger partial charge in [0, 0.05) is 23.1 Å². The summed E-state index contributed by atoms with van der Waals surface area (Å²) in [4.78, 5) is 53.4. The van der Waals surface area contributed by atoms with Crippen LogP contribution in [0.15, 0.2) is 103 Å². The smallest absolute Gasteiger partial charge is 0.258 e. The topological polar surface area (TPSA) is 123 Å². The van der Waals surface area contributed by atoms with Crippen LogP contribution in [-0.2, 0) is 25.8 Å². The van der Waals surface area contributed by atoms with Crippen LogP contribution in [0.2, 0.25) is 0 Å². The van der Waals surface area contributed by atoms with Gasteiger partial charge in [-0.3, -0.25) is 24.1 Å². The van der Waals surface area contributed by atoms with Crippen molar-refractivity contribution >= 4 is 70.4 Å². The molecule has 338 valence electrons. The zero-order valence-corrected chi connectivity index (χ0v) is 36.2. The molecule has 0 spiro atoms. The summed E-state index contributed by atoms with van der Waals surface area (Å²) < 4.78 is 91.3. The molecule has 6 atom stereocenters. The largest absolute Gasteiger partial charge is 0.508 e. The summed E-state index contributed by atoms with van der Waals surface area (Å²) in [7, 11) is 3.07. The highest BCUT2D eigenvalue weighted by atomic mass is 35.5. The minimum atomic E-state index is -2.82. The third-order valence-corrected chi connectivity index (χ3v) is 14.2. The molecule has 2 saturated heterocycles. The number of hydrogen-bond donors (Lipinski definition) is 1. The Morgan fingerprint density at radius 3 is 2.05 bits per heavy atom. The molecule has 9 rings (SSSR count). The Labute approximate surface area is 383 Å². The molecule has 5 aromatic carbocycles. The lowest BCUT2D eigenvalue weighted by molar-refractivity contribution is -0.125. The van der Waals surface area contributed by atoms with E-state index >= 15 is 8.78 Å². The second-order valence-corrected chi connectivity index (χ2v) is 17.5. The fraction of sp³-hybridized carbons (Fsp3) is 0.224. The molecule has 0 aromatic heterocycles. The Balaban J connectivity index is 1.10. The van der Waals surface area contributed by atoms with Crippen LogP contribution < -0.4 is 24.0 Å². The number of fused-ring (bicyclic) bond motifs is 4. The molecule has 1 saturated carbocycles. The van der Waals surface area contributed by atoms with Crippen molar-refractivity contribution in [2.45, 2.75) is 35.1 Å². The van der Waals surface area contributed by atoms with Crippen molar-refractivity contribution in [3.05, 3.63) is 154 Å². The fourth-order valence-electron chi connectivity index (χ4n) is 9.66. The van der Waals surface area contributed by atoms with Gasteiger partial charge in [-0.1, -0.05) is 72.3 Å². The van der Waals surface area contributed by atoms with E-state index in [2.05, 4.69) is 0 Å². The second-order valence-electron chi connectivity index (χ2n) is 16.2. The standard InChI is InChI=1S/C49H35Cl2F5N2O8/c1-64-28-15-19-35(65-2)26(20-28)11-8-24-9-12-27(13-10-24)57-44(60)32-18-17-30-33(36(32)45(57)61)22-48(50)46(62)58(43-41(55)39(53)38(52)40(54)42(43)56)47(63)49(48,51)37(30)31-16-14-29(21-34(31)59)66-23-25-6-4-3-5-7-25/h3-17,19-21,32-33,36-37,59H,18,22-23H2,1-2H3. The van der Waals surface area contributed by atoms with Gasteiger partial charge in [-0.15, -0.1) is 23.2 Å². The first-order valence-corrected chi connectivity index (χ1v) is 21.2. The van der Waals surface area contributed by atoms with Crippen LogP contribution in [0.1, 0.15) is 41.0 Å². The SMILES string of the molecule is COc1ccc(OC)c(C=Cc2ccc(N3C(=O)C4CC=C5C(CC6(Cl)C(=O)N(c7c(F)c(F)c(F)c(F)c7F)C(=O)C6(Cl)C5c5ccc(OCc6ccccc6)cc5O)C4C3=O)cc2)c1. The number of hydrogen-bond acceptors (Lipinski definition) is 8. The van der Waals surface area contributed by atoms with Crippen LogP contribution in [0, 0.1) is 46.8 Å². The van der Waals surface area contributed by atoms with E-state index in [1.54, 1.807) is 85.0 Å². The maximum atomic E-state index is 15.5. The van der Waals surface area contributed by atoms with E-state index in [0.717, 1.165) is 16.0 Å². The fourth-order valence-corrected chi connectivity index (χ4v) is 10.6. The average molecular weight is 946 g/mol. The Morgan fingerprint density at radius 1 is 0.727 bits per heavy atom. The average Bonchev–Trinajstić information content (AvgIpc) is 3.66. The van der Waals surface area contributed by atoms with Crippen molar-refractivity contribution in [2.24, 2.45) is 17.8 Å². The number of allylic oxidation sites excluding steroid dienone is 2. The van der Waals surface area contributed by atoms with Crippen molar-refractivity contribution < 1.29 is 60.4 Å². The molecule has 5 aromatic rings. The molecule has 1 N–H and O–H groups in total. The first-order chi connectivity index (χ1) is 31.5. The molecule has 2 aliphatic heterocycles. The molecule has 10 nitrogen and oxygen atoms in total. The van der Waals surface area contributed by atoms with Crippen LogP contribution >= 0.6 is 23.2 Å². The quantitative estimate of drug-likeness (QED) is 0.0280. The summed E-state index contributed by atoms with van der Waals surface area (Å²) in [6.45, 7) is 0.0814. The van der Waals surface area contributed by atoms with Crippen LogP contribution in [0.5, 0.6) is 23.0 Å². The van der Waals surface area contributed by atoms with Crippen molar-refractivity contribution in [1.29, 1.82) is 0 Å². The molecule has 4 amide bonds. The number of carbonyl (C=O) groups is 4. The van der Waals surface area contributed by atoms with Gasteiger partial charge in [-0.25, -0.2) is 26.9 Å². The monoisotopic (exact) mass is 944 g/mol. The van der Waals surface area contributed by atoms with Gasteiger partial charge in [-0.05, 0) is 66.3 Å². The summed E-state index contributed by atoms with van der Waals surface area (Å²) in [6, 6.07) is 24.8. The first-order valence-electron chi connectivity index (χ1n) is 20.4. The minimum Gasteiger partial charge on any atom is -0.508 e. The molecule has 2 aliphatic carbocycles. The number of ether oxygens (including phenoxy) is 3. The third kappa shape index (κ3) is 6.73. The molecule has 6 unspecified atom stereocenters. The van der Waals surface area contributed by atoms with Crippen molar-refractivity contribution in [2.75, 3.05) is 24.0 Å². The van der Waals surface area contributed by atoms with Crippen LogP contribution in [-0.4, -0.2) is 52.7 Å². The number of methoxy groups -OCH3 is 2. The number of halogens is 7. The normalized spacial score (nSPS) is 24.7. The van der Waals surface area contributed by atoms with Gasteiger partial charge in [0.1, 0.15) is 35.3 Å². The van der Waals surface area contributed by atoms with Gasteiger partial charge in [-0.2, -0.15) is 0 Å². The van der Waals surface area contributed by atoms with Crippen LogP contribution in [0.4, 0.5) is 33.3 Å². The number of imide groups is 2. The molecule has 66 heavy (non-hydrogen) atoms. The third-order valence-electron chi connectivity index (χ3n) is 12.8. The highest BCUT2D eigenvalue weighted by Gasteiger charge is 2.77. The second kappa shape index (κ2) is 16.6. The first kappa shape index (κ1) is 44.5. The number of benzene rings is 5. The number of alkyl halides is 2. The van der Waals surface area contributed by atoms with E-state index in [9.17, 15) is 37.5 Å². The maximum Gasteiger partial charge on any atom is 0.258 e. The van der Waals surface area contributed by atoms with E-state index in [1.807, 2.05) is 6.07 Å². The lowest BCUT2D eigenvalue weighted by Gasteiger charge is -2.50. The van der Waals surface area contributed by atoms with Crippen LogP contribution in [0.3, 0.4) is 0 Å². The number of amides is 4. The molecular weight excluding hydrogens is 910 g/mol. The summed E-state index contributed by atoms with van der Waals surface area (Å²) in [5.41, 5.74) is 0.536. The predicted molar refractivity (Wildman–Crippen MR) is 233 cm³/mol. The number of anilines is 2. The molecule has 3 fully saturated rings. The number of phenols is 1. The Bertz CT molecular complexity index is 2910. The highest BCUT2D eigenvalue weighted by Crippen LogP contribution is 2.67. The zero-order chi connectivity index (χ0) is 47.0. The van der Waals surface area contributed by atoms with Gasteiger partial charge in [0.2, 0.25) is 17.6 Å². The van der Waals surface area contributed by atoms with E-state index in [-0.39, 0.29) is 40.5 Å². The number of nitrogens with zero attached hydrogens (tertiary/aromatic N) is 2. The maximum absolute atomic E-state index is 15.5. The Morgan fingerprint density at radius 2 is 1.39 bits per heavy atom. The lowest BCUT2D eigenvalue weighted by atomic mass is 9.56. The van der Waals surface area contributed by atoms with Gasteiger partial charge >= 0.3 is 0 Å². The van der Waals surface area contributed by atoms with Crippen molar-refractivity contribution in [3.8, 4) is 23.0 Å².